The second kappa shape index (κ2) is 13.7. The lowest BCUT2D eigenvalue weighted by Gasteiger charge is -2.33. The van der Waals surface area contributed by atoms with Crippen LogP contribution in [-0.4, -0.2) is 43.8 Å². The molecule has 0 aliphatic carbocycles. The highest BCUT2D eigenvalue weighted by molar-refractivity contribution is 7.92. The number of benzene rings is 3. The minimum atomic E-state index is -4.31. The Hall–Kier alpha value is -2.85. The third-order valence-electron chi connectivity index (χ3n) is 5.97. The molecule has 0 aromatic heterocycles. The minimum Gasteiger partial charge on any atom is -0.352 e. The van der Waals surface area contributed by atoms with Crippen molar-refractivity contribution in [3.8, 4) is 0 Å². The highest BCUT2D eigenvalue weighted by Crippen LogP contribution is 2.29. The minimum absolute atomic E-state index is 0.0206. The predicted molar refractivity (Wildman–Crippen MR) is 157 cm³/mol. The first-order chi connectivity index (χ1) is 18.8. The van der Waals surface area contributed by atoms with Crippen LogP contribution >= 0.6 is 34.8 Å². The van der Waals surface area contributed by atoms with Gasteiger partial charge >= 0.3 is 0 Å². The van der Waals surface area contributed by atoms with E-state index < -0.39 is 40.2 Å². The Kier molecular flexibility index (Phi) is 10.8. The average molecular weight is 629 g/mol. The molecule has 0 radical (unpaired) electrons. The number of hydrogen-bond acceptors (Lipinski definition) is 4. The molecule has 1 unspecified atom stereocenters. The van der Waals surface area contributed by atoms with Crippen LogP contribution in [0.25, 0.3) is 0 Å². The number of rotatable bonds is 11. The van der Waals surface area contributed by atoms with E-state index in [0.717, 1.165) is 16.4 Å². The van der Waals surface area contributed by atoms with Crippen LogP contribution in [0.15, 0.2) is 71.6 Å². The fourth-order valence-electron chi connectivity index (χ4n) is 4.02. The first kappa shape index (κ1) is 31.7. The maximum absolute atomic E-state index is 14.0. The van der Waals surface area contributed by atoms with Gasteiger partial charge in [0.05, 0.1) is 15.6 Å². The first-order valence-corrected chi connectivity index (χ1v) is 15.0. The molecule has 1 N–H and O–H groups in total. The number of carbonyl (C=O) groups excluding carboxylic acids is 2. The van der Waals surface area contributed by atoms with Crippen molar-refractivity contribution in [1.29, 1.82) is 0 Å². The summed E-state index contributed by atoms with van der Waals surface area (Å²) >= 11 is 18.4. The van der Waals surface area contributed by atoms with E-state index in [1.807, 2.05) is 0 Å². The quantitative estimate of drug-likeness (QED) is 0.270. The van der Waals surface area contributed by atoms with Gasteiger partial charge in [0.2, 0.25) is 11.8 Å². The molecule has 0 saturated heterocycles. The summed E-state index contributed by atoms with van der Waals surface area (Å²) in [4.78, 5) is 28.4. The maximum atomic E-state index is 14.0. The van der Waals surface area contributed by atoms with Crippen LogP contribution in [-0.2, 0) is 26.2 Å². The Labute approximate surface area is 248 Å². The van der Waals surface area contributed by atoms with Gasteiger partial charge in [-0.05, 0) is 68.3 Å². The van der Waals surface area contributed by atoms with Gasteiger partial charge in [0.1, 0.15) is 18.4 Å². The van der Waals surface area contributed by atoms with Crippen molar-refractivity contribution in [2.75, 3.05) is 10.8 Å². The number of carbonyl (C=O) groups is 2. The topological polar surface area (TPSA) is 86.8 Å². The van der Waals surface area contributed by atoms with E-state index in [2.05, 4.69) is 5.32 Å². The van der Waals surface area contributed by atoms with Crippen molar-refractivity contribution >= 4 is 62.3 Å². The summed E-state index contributed by atoms with van der Waals surface area (Å²) in [6.45, 7) is 4.53. The van der Waals surface area contributed by atoms with Crippen molar-refractivity contribution in [1.82, 2.24) is 10.2 Å². The van der Waals surface area contributed by atoms with Crippen LogP contribution in [0.2, 0.25) is 15.1 Å². The summed E-state index contributed by atoms with van der Waals surface area (Å²) < 4.78 is 42.3. The molecule has 12 heteroatoms. The van der Waals surface area contributed by atoms with Gasteiger partial charge in [-0.1, -0.05) is 66.0 Å². The molecule has 3 aromatic rings. The van der Waals surface area contributed by atoms with E-state index in [0.29, 0.717) is 10.6 Å². The summed E-state index contributed by atoms with van der Waals surface area (Å²) in [6, 6.07) is 14.5. The summed E-state index contributed by atoms with van der Waals surface area (Å²) in [6.07, 6.45) is 0.239. The van der Waals surface area contributed by atoms with Crippen LogP contribution in [0.5, 0.6) is 0 Å². The van der Waals surface area contributed by atoms with E-state index in [4.69, 9.17) is 34.8 Å². The number of nitrogens with one attached hydrogen (secondary N) is 1. The number of sulfonamides is 1. The molecule has 1 atom stereocenters. The first-order valence-electron chi connectivity index (χ1n) is 12.4. The molecule has 7 nitrogen and oxygen atoms in total. The van der Waals surface area contributed by atoms with Crippen LogP contribution in [0.4, 0.5) is 10.1 Å². The highest BCUT2D eigenvalue weighted by atomic mass is 35.5. The fourth-order valence-corrected chi connectivity index (χ4v) is 6.09. The molecular weight excluding hydrogens is 600 g/mol. The smallest absolute Gasteiger partial charge is 0.264 e. The van der Waals surface area contributed by atoms with Gasteiger partial charge in [-0.2, -0.15) is 0 Å². The SMILES string of the molecule is CCC(C(=O)NC(C)C)N(Cc1ccc(Cl)cc1Cl)C(=O)CN(c1ccc(F)c(Cl)c1)S(=O)(=O)c1ccccc1. The largest absolute Gasteiger partial charge is 0.352 e. The second-order valence-corrected chi connectivity index (χ2v) is 12.4. The standard InChI is InChI=1S/C28H29Cl3FN3O4S/c1-4-26(28(37)33-18(2)3)34(16-19-10-11-20(29)14-23(19)30)27(36)17-35(21-12-13-25(32)24(31)15-21)40(38,39)22-8-6-5-7-9-22/h5-15,18,26H,4,16-17H2,1-3H3,(H,33,37). The van der Waals surface area contributed by atoms with Gasteiger partial charge in [0.15, 0.2) is 0 Å². The Morgan fingerprint density at radius 2 is 1.62 bits per heavy atom. The molecule has 2 amide bonds. The lowest BCUT2D eigenvalue weighted by molar-refractivity contribution is -0.140. The van der Waals surface area contributed by atoms with Crippen LogP contribution in [0, 0.1) is 5.82 Å². The zero-order valence-electron chi connectivity index (χ0n) is 22.1. The summed E-state index contributed by atoms with van der Waals surface area (Å²) in [5, 5.41) is 3.18. The van der Waals surface area contributed by atoms with Gasteiger partial charge in [-0.3, -0.25) is 13.9 Å². The molecular formula is C28H29Cl3FN3O4S. The number of hydrogen-bond donors (Lipinski definition) is 1. The Morgan fingerprint density at radius 3 is 2.20 bits per heavy atom. The van der Waals surface area contributed by atoms with E-state index in [1.165, 1.54) is 29.2 Å². The molecule has 0 saturated carbocycles. The monoisotopic (exact) mass is 627 g/mol. The van der Waals surface area contributed by atoms with E-state index in [9.17, 15) is 22.4 Å². The van der Waals surface area contributed by atoms with Crippen LogP contribution in [0.1, 0.15) is 32.8 Å². The van der Waals surface area contributed by atoms with Crippen molar-refractivity contribution in [2.24, 2.45) is 0 Å². The normalized spacial score (nSPS) is 12.2. The summed E-state index contributed by atoms with van der Waals surface area (Å²) in [5.74, 6) is -1.83. The Balaban J connectivity index is 2.10. The molecule has 3 rings (SSSR count). The third kappa shape index (κ3) is 7.66. The van der Waals surface area contributed by atoms with Gasteiger partial charge in [-0.15, -0.1) is 0 Å². The van der Waals surface area contributed by atoms with E-state index >= 15 is 0 Å². The van der Waals surface area contributed by atoms with Gasteiger partial charge in [0.25, 0.3) is 10.0 Å². The van der Waals surface area contributed by atoms with Crippen LogP contribution < -0.4 is 9.62 Å². The Morgan fingerprint density at radius 1 is 0.950 bits per heavy atom. The molecule has 0 aliphatic heterocycles. The van der Waals surface area contributed by atoms with Crippen molar-refractivity contribution in [3.63, 3.8) is 0 Å². The Bertz CT molecular complexity index is 1470. The van der Waals surface area contributed by atoms with Crippen molar-refractivity contribution < 1.29 is 22.4 Å². The second-order valence-electron chi connectivity index (χ2n) is 9.27. The molecule has 0 aliphatic rings. The molecule has 3 aromatic carbocycles. The number of nitrogens with zero attached hydrogens (tertiary/aromatic N) is 2. The molecule has 0 fully saturated rings. The molecule has 0 heterocycles. The molecule has 40 heavy (non-hydrogen) atoms. The highest BCUT2D eigenvalue weighted by Gasteiger charge is 2.34. The number of halogens is 4. The molecule has 214 valence electrons. The number of amides is 2. The lowest BCUT2D eigenvalue weighted by Crippen LogP contribution is -2.53. The third-order valence-corrected chi connectivity index (χ3v) is 8.64. The summed E-state index contributed by atoms with van der Waals surface area (Å²) in [7, 11) is -4.31. The summed E-state index contributed by atoms with van der Waals surface area (Å²) in [5.41, 5.74) is 0.491. The maximum Gasteiger partial charge on any atom is 0.264 e. The van der Waals surface area contributed by atoms with Crippen LogP contribution in [0.3, 0.4) is 0 Å². The van der Waals surface area contributed by atoms with Crippen molar-refractivity contribution in [3.05, 3.63) is 93.2 Å². The average Bonchev–Trinajstić information content (AvgIpc) is 2.90. The van der Waals surface area contributed by atoms with E-state index in [1.54, 1.807) is 51.1 Å². The van der Waals surface area contributed by atoms with Gasteiger partial charge in [-0.25, -0.2) is 12.8 Å². The number of anilines is 1. The zero-order valence-corrected chi connectivity index (χ0v) is 25.2. The zero-order chi connectivity index (χ0) is 29.6. The fraction of sp³-hybridized carbons (Fsp3) is 0.286. The van der Waals surface area contributed by atoms with E-state index in [-0.39, 0.29) is 39.6 Å². The van der Waals surface area contributed by atoms with Gasteiger partial charge in [0, 0.05) is 22.6 Å². The van der Waals surface area contributed by atoms with Gasteiger partial charge < -0.3 is 10.2 Å². The molecule has 0 spiro atoms. The van der Waals surface area contributed by atoms with Crippen molar-refractivity contribution in [2.45, 2.75) is 50.7 Å². The molecule has 0 bridgehead atoms. The lowest BCUT2D eigenvalue weighted by atomic mass is 10.1. The predicted octanol–water partition coefficient (Wildman–Crippen LogP) is 6.31.